The smallest absolute Gasteiger partial charge is 0.147 e. The lowest BCUT2D eigenvalue weighted by atomic mass is 10.1. The minimum Gasteiger partial charge on any atom is -0.395 e. The van der Waals surface area contributed by atoms with Crippen LogP contribution in [0.2, 0.25) is 0 Å². The molecule has 0 aliphatic heterocycles. The first-order chi connectivity index (χ1) is 8.10. The summed E-state index contributed by atoms with van der Waals surface area (Å²) in [5.74, 6) is -0.570. The predicted molar refractivity (Wildman–Crippen MR) is 67.0 cm³/mol. The van der Waals surface area contributed by atoms with Gasteiger partial charge in [-0.1, -0.05) is 6.92 Å². The first-order valence-corrected chi connectivity index (χ1v) is 5.60. The number of hydrogen-bond donors (Lipinski definition) is 3. The van der Waals surface area contributed by atoms with Gasteiger partial charge in [-0.3, -0.25) is 5.41 Å². The second-order valence-corrected chi connectivity index (χ2v) is 3.79. The monoisotopic (exact) mass is 239 g/mol. The highest BCUT2D eigenvalue weighted by atomic mass is 19.1. The van der Waals surface area contributed by atoms with Crippen LogP contribution in [0.5, 0.6) is 0 Å². The van der Waals surface area contributed by atoms with E-state index in [-0.39, 0.29) is 12.4 Å². The van der Waals surface area contributed by atoms with E-state index in [0.29, 0.717) is 24.3 Å². The molecule has 0 amide bonds. The summed E-state index contributed by atoms with van der Waals surface area (Å²) >= 11 is 0. The van der Waals surface area contributed by atoms with E-state index in [0.717, 1.165) is 6.42 Å². The van der Waals surface area contributed by atoms with E-state index in [1.54, 1.807) is 17.0 Å². The van der Waals surface area contributed by atoms with Gasteiger partial charge >= 0.3 is 0 Å². The zero-order chi connectivity index (χ0) is 12.8. The largest absolute Gasteiger partial charge is 0.395 e. The van der Waals surface area contributed by atoms with E-state index in [2.05, 4.69) is 0 Å². The Labute approximate surface area is 100 Å². The van der Waals surface area contributed by atoms with Crippen molar-refractivity contribution in [3.05, 3.63) is 29.6 Å². The maximum absolute atomic E-state index is 13.8. The van der Waals surface area contributed by atoms with Gasteiger partial charge in [-0.2, -0.15) is 0 Å². The summed E-state index contributed by atoms with van der Waals surface area (Å²) in [6, 6.07) is 4.45. The van der Waals surface area contributed by atoms with Crippen LogP contribution in [-0.2, 0) is 0 Å². The van der Waals surface area contributed by atoms with Crippen LogP contribution in [0.3, 0.4) is 0 Å². The van der Waals surface area contributed by atoms with Crippen molar-refractivity contribution in [2.24, 2.45) is 5.73 Å². The van der Waals surface area contributed by atoms with Crippen molar-refractivity contribution in [2.75, 3.05) is 24.6 Å². The number of benzene rings is 1. The van der Waals surface area contributed by atoms with Gasteiger partial charge in [0.05, 0.1) is 12.3 Å². The molecule has 0 aliphatic rings. The lowest BCUT2D eigenvalue weighted by Gasteiger charge is -2.24. The predicted octanol–water partition coefficient (Wildman–Crippen LogP) is 1.32. The van der Waals surface area contributed by atoms with Gasteiger partial charge < -0.3 is 15.7 Å². The summed E-state index contributed by atoms with van der Waals surface area (Å²) in [7, 11) is 0. The van der Waals surface area contributed by atoms with E-state index in [9.17, 15) is 4.39 Å². The van der Waals surface area contributed by atoms with Crippen molar-refractivity contribution in [3.8, 4) is 0 Å². The summed E-state index contributed by atoms with van der Waals surface area (Å²) < 4.78 is 13.8. The van der Waals surface area contributed by atoms with Crippen LogP contribution < -0.4 is 10.6 Å². The molecule has 0 spiro atoms. The Hall–Kier alpha value is -1.62. The second kappa shape index (κ2) is 6.20. The van der Waals surface area contributed by atoms with Gasteiger partial charge in [0.25, 0.3) is 0 Å². The molecular weight excluding hydrogens is 221 g/mol. The van der Waals surface area contributed by atoms with Crippen molar-refractivity contribution < 1.29 is 9.50 Å². The number of rotatable bonds is 6. The Morgan fingerprint density at radius 3 is 2.65 bits per heavy atom. The van der Waals surface area contributed by atoms with Crippen molar-refractivity contribution in [1.82, 2.24) is 0 Å². The molecule has 4 N–H and O–H groups in total. The molecule has 94 valence electrons. The first kappa shape index (κ1) is 13.4. The van der Waals surface area contributed by atoms with Crippen LogP contribution in [0.4, 0.5) is 10.1 Å². The number of nitrogens with two attached hydrogens (primary N) is 1. The fraction of sp³-hybridized carbons (Fsp3) is 0.417. The number of nitrogens with one attached hydrogen (secondary N) is 1. The van der Waals surface area contributed by atoms with E-state index in [1.165, 1.54) is 6.07 Å². The second-order valence-electron chi connectivity index (χ2n) is 3.79. The molecule has 0 saturated heterocycles. The highest BCUT2D eigenvalue weighted by Gasteiger charge is 2.11. The Bertz CT molecular complexity index is 389. The molecule has 0 radical (unpaired) electrons. The number of nitrogens with zero attached hydrogens (tertiary/aromatic N) is 1. The SMILES string of the molecule is CCCN(CCO)c1ccc(C(=N)N)cc1F. The fourth-order valence-electron chi connectivity index (χ4n) is 1.67. The van der Waals surface area contributed by atoms with Gasteiger partial charge in [0, 0.05) is 18.7 Å². The molecule has 0 heterocycles. The number of nitrogen functional groups attached to an aromatic ring is 1. The Morgan fingerprint density at radius 1 is 1.47 bits per heavy atom. The van der Waals surface area contributed by atoms with Crippen molar-refractivity contribution in [2.45, 2.75) is 13.3 Å². The van der Waals surface area contributed by atoms with E-state index in [4.69, 9.17) is 16.2 Å². The molecular formula is C12H18FN3O. The Balaban J connectivity index is 2.99. The van der Waals surface area contributed by atoms with Crippen molar-refractivity contribution in [3.63, 3.8) is 0 Å². The van der Waals surface area contributed by atoms with Crippen LogP contribution in [0, 0.1) is 11.2 Å². The van der Waals surface area contributed by atoms with E-state index < -0.39 is 5.82 Å². The highest BCUT2D eigenvalue weighted by Crippen LogP contribution is 2.20. The lowest BCUT2D eigenvalue weighted by molar-refractivity contribution is 0.301. The molecule has 0 fully saturated rings. The van der Waals surface area contributed by atoms with Gasteiger partial charge in [-0.25, -0.2) is 4.39 Å². The molecule has 0 saturated carbocycles. The normalized spacial score (nSPS) is 10.3. The molecule has 0 unspecified atom stereocenters. The summed E-state index contributed by atoms with van der Waals surface area (Å²) in [4.78, 5) is 1.78. The third kappa shape index (κ3) is 3.42. The average Bonchev–Trinajstić information content (AvgIpc) is 2.28. The summed E-state index contributed by atoms with van der Waals surface area (Å²) in [5.41, 5.74) is 6.09. The molecule has 1 rings (SSSR count). The highest BCUT2D eigenvalue weighted by molar-refractivity contribution is 5.95. The number of aliphatic hydroxyl groups is 1. The number of anilines is 1. The zero-order valence-electron chi connectivity index (χ0n) is 9.91. The molecule has 0 aliphatic carbocycles. The van der Waals surface area contributed by atoms with E-state index in [1.807, 2.05) is 6.92 Å². The minimum absolute atomic E-state index is 0.0199. The number of halogens is 1. The maximum Gasteiger partial charge on any atom is 0.147 e. The molecule has 0 atom stereocenters. The maximum atomic E-state index is 13.8. The number of aliphatic hydroxyl groups excluding tert-OH is 1. The van der Waals surface area contributed by atoms with Crippen molar-refractivity contribution >= 4 is 11.5 Å². The van der Waals surface area contributed by atoms with Gasteiger partial charge in [0.2, 0.25) is 0 Å². The van der Waals surface area contributed by atoms with Gasteiger partial charge in [0.1, 0.15) is 11.7 Å². The molecule has 0 bridgehead atoms. The molecule has 0 aromatic heterocycles. The van der Waals surface area contributed by atoms with Gasteiger partial charge in [-0.05, 0) is 24.6 Å². The van der Waals surface area contributed by atoms with E-state index >= 15 is 0 Å². The first-order valence-electron chi connectivity index (χ1n) is 5.60. The van der Waals surface area contributed by atoms with Gasteiger partial charge in [-0.15, -0.1) is 0 Å². The third-order valence-corrected chi connectivity index (χ3v) is 2.46. The number of hydrogen-bond acceptors (Lipinski definition) is 3. The topological polar surface area (TPSA) is 73.3 Å². The molecule has 17 heavy (non-hydrogen) atoms. The molecule has 1 aromatic rings. The third-order valence-electron chi connectivity index (χ3n) is 2.46. The quantitative estimate of drug-likeness (QED) is 0.518. The zero-order valence-corrected chi connectivity index (χ0v) is 9.91. The summed E-state index contributed by atoms with van der Waals surface area (Å²) in [6.45, 7) is 3.04. The van der Waals surface area contributed by atoms with Crippen LogP contribution >= 0.6 is 0 Å². The van der Waals surface area contributed by atoms with Gasteiger partial charge in [0.15, 0.2) is 0 Å². The van der Waals surface area contributed by atoms with Crippen LogP contribution in [0.15, 0.2) is 18.2 Å². The van der Waals surface area contributed by atoms with Crippen LogP contribution in [-0.4, -0.2) is 30.6 Å². The summed E-state index contributed by atoms with van der Waals surface area (Å²) in [6.07, 6.45) is 0.869. The average molecular weight is 239 g/mol. The Morgan fingerprint density at radius 2 is 2.18 bits per heavy atom. The van der Waals surface area contributed by atoms with Crippen LogP contribution in [0.1, 0.15) is 18.9 Å². The molecule has 4 nitrogen and oxygen atoms in total. The fourth-order valence-corrected chi connectivity index (χ4v) is 1.67. The Kier molecular flexibility index (Phi) is 4.90. The standard InChI is InChI=1S/C12H18FN3O/c1-2-5-16(6-7-17)11-4-3-9(12(14)15)8-10(11)13/h3-4,8,17H,2,5-7H2,1H3,(H3,14,15). The van der Waals surface area contributed by atoms with Crippen LogP contribution in [0.25, 0.3) is 0 Å². The lowest BCUT2D eigenvalue weighted by Crippen LogP contribution is -2.28. The number of amidine groups is 1. The molecule has 1 aromatic carbocycles. The minimum atomic E-state index is -0.417. The van der Waals surface area contributed by atoms with Crippen molar-refractivity contribution in [1.29, 1.82) is 5.41 Å². The molecule has 5 heteroatoms. The summed E-state index contributed by atoms with van der Waals surface area (Å²) in [5, 5.41) is 16.2.